The standard InChI is InChI=1S/C10H14N2O3/c1-12(5-6-13)9-7(10(14)15)3-2-4-8(9)11/h2-4,13H,5-6,11H2,1H3,(H,14,15). The summed E-state index contributed by atoms with van der Waals surface area (Å²) in [7, 11) is 1.69. The molecule has 1 rings (SSSR count). The normalized spacial score (nSPS) is 10.0. The van der Waals surface area contributed by atoms with Crippen molar-refractivity contribution in [2.45, 2.75) is 0 Å². The number of aromatic carboxylic acids is 1. The SMILES string of the molecule is CN(CCO)c1c(N)cccc1C(=O)O. The number of carboxylic acid groups (broad SMARTS) is 1. The number of aliphatic hydroxyl groups is 1. The highest BCUT2D eigenvalue weighted by molar-refractivity contribution is 5.97. The van der Waals surface area contributed by atoms with Crippen LogP contribution in [0.2, 0.25) is 0 Å². The molecule has 15 heavy (non-hydrogen) atoms. The molecule has 5 nitrogen and oxygen atoms in total. The van der Waals surface area contributed by atoms with Crippen LogP contribution in [0.25, 0.3) is 0 Å². The fourth-order valence-corrected chi connectivity index (χ4v) is 1.42. The van der Waals surface area contributed by atoms with Crippen LogP contribution in [0.15, 0.2) is 18.2 Å². The maximum Gasteiger partial charge on any atom is 0.337 e. The summed E-state index contributed by atoms with van der Waals surface area (Å²) >= 11 is 0. The number of hydrogen-bond acceptors (Lipinski definition) is 4. The van der Waals surface area contributed by atoms with Gasteiger partial charge in [-0.1, -0.05) is 6.07 Å². The summed E-state index contributed by atoms with van der Waals surface area (Å²) in [6.07, 6.45) is 0. The molecule has 0 radical (unpaired) electrons. The van der Waals surface area contributed by atoms with Gasteiger partial charge in [-0.3, -0.25) is 0 Å². The zero-order chi connectivity index (χ0) is 11.4. The van der Waals surface area contributed by atoms with Gasteiger partial charge < -0.3 is 20.8 Å². The Labute approximate surface area is 87.7 Å². The Morgan fingerprint density at radius 2 is 2.20 bits per heavy atom. The van der Waals surface area contributed by atoms with Crippen LogP contribution in [-0.4, -0.2) is 36.4 Å². The molecule has 0 fully saturated rings. The smallest absolute Gasteiger partial charge is 0.337 e. The number of hydrogen-bond donors (Lipinski definition) is 3. The van der Waals surface area contributed by atoms with Crippen molar-refractivity contribution in [2.24, 2.45) is 0 Å². The molecular weight excluding hydrogens is 196 g/mol. The van der Waals surface area contributed by atoms with Crippen molar-refractivity contribution in [1.82, 2.24) is 0 Å². The average molecular weight is 210 g/mol. The van der Waals surface area contributed by atoms with E-state index in [4.69, 9.17) is 15.9 Å². The lowest BCUT2D eigenvalue weighted by atomic mass is 10.1. The third kappa shape index (κ3) is 2.38. The van der Waals surface area contributed by atoms with Crippen molar-refractivity contribution in [3.8, 4) is 0 Å². The number of nitrogens with zero attached hydrogens (tertiary/aromatic N) is 1. The van der Waals surface area contributed by atoms with Crippen LogP contribution in [0.5, 0.6) is 0 Å². The highest BCUT2D eigenvalue weighted by Crippen LogP contribution is 2.26. The third-order valence-electron chi connectivity index (χ3n) is 2.11. The topological polar surface area (TPSA) is 86.8 Å². The van der Waals surface area contributed by atoms with Crippen LogP contribution in [0.4, 0.5) is 11.4 Å². The van der Waals surface area contributed by atoms with Crippen molar-refractivity contribution in [2.75, 3.05) is 30.8 Å². The Morgan fingerprint density at radius 1 is 1.53 bits per heavy atom. The first-order chi connectivity index (χ1) is 7.07. The van der Waals surface area contributed by atoms with Gasteiger partial charge in [0.1, 0.15) is 0 Å². The summed E-state index contributed by atoms with van der Waals surface area (Å²) < 4.78 is 0. The van der Waals surface area contributed by atoms with E-state index in [1.165, 1.54) is 6.07 Å². The molecule has 1 aromatic carbocycles. The summed E-state index contributed by atoms with van der Waals surface area (Å²) in [6, 6.07) is 4.71. The van der Waals surface area contributed by atoms with Crippen molar-refractivity contribution in [3.05, 3.63) is 23.8 Å². The van der Waals surface area contributed by atoms with Gasteiger partial charge in [0.2, 0.25) is 0 Å². The fraction of sp³-hybridized carbons (Fsp3) is 0.300. The molecule has 1 aromatic rings. The molecule has 5 heteroatoms. The van der Waals surface area contributed by atoms with Gasteiger partial charge in [0.15, 0.2) is 0 Å². The molecule has 0 aliphatic heterocycles. The number of likely N-dealkylation sites (N-methyl/N-ethyl adjacent to an activating group) is 1. The van der Waals surface area contributed by atoms with E-state index >= 15 is 0 Å². The lowest BCUT2D eigenvalue weighted by Crippen LogP contribution is -2.24. The monoisotopic (exact) mass is 210 g/mol. The predicted octanol–water partition coefficient (Wildman–Crippen LogP) is 0.395. The first kappa shape index (κ1) is 11.3. The number of anilines is 2. The minimum atomic E-state index is -1.03. The molecule has 0 atom stereocenters. The molecule has 0 spiro atoms. The Bertz CT molecular complexity index is 366. The predicted molar refractivity (Wildman–Crippen MR) is 58.2 cm³/mol. The van der Waals surface area contributed by atoms with Crippen LogP contribution in [0.3, 0.4) is 0 Å². The van der Waals surface area contributed by atoms with Crippen LogP contribution < -0.4 is 10.6 Å². The van der Waals surface area contributed by atoms with Gasteiger partial charge in [-0.2, -0.15) is 0 Å². The molecule has 0 aliphatic rings. The second kappa shape index (κ2) is 4.65. The summed E-state index contributed by atoms with van der Waals surface area (Å²) in [5.41, 5.74) is 6.69. The van der Waals surface area contributed by atoms with Crippen LogP contribution in [0, 0.1) is 0 Å². The number of nitrogens with two attached hydrogens (primary N) is 1. The number of carbonyl (C=O) groups is 1. The molecule has 0 saturated heterocycles. The number of aliphatic hydroxyl groups excluding tert-OH is 1. The molecule has 0 saturated carbocycles. The van der Waals surface area contributed by atoms with E-state index in [-0.39, 0.29) is 12.2 Å². The minimum absolute atomic E-state index is 0.0517. The number of carboxylic acids is 1. The Morgan fingerprint density at radius 3 is 2.73 bits per heavy atom. The van der Waals surface area contributed by atoms with E-state index in [1.807, 2.05) is 0 Å². The van der Waals surface area contributed by atoms with Crippen molar-refractivity contribution >= 4 is 17.3 Å². The van der Waals surface area contributed by atoms with E-state index in [1.54, 1.807) is 24.1 Å². The highest BCUT2D eigenvalue weighted by atomic mass is 16.4. The number of nitrogen functional groups attached to an aromatic ring is 1. The molecule has 0 amide bonds. The van der Waals surface area contributed by atoms with Gasteiger partial charge in [-0.15, -0.1) is 0 Å². The summed E-state index contributed by atoms with van der Waals surface area (Å²) in [5.74, 6) is -1.03. The second-order valence-corrected chi connectivity index (χ2v) is 3.19. The van der Waals surface area contributed by atoms with Crippen LogP contribution in [0.1, 0.15) is 10.4 Å². The molecule has 0 aliphatic carbocycles. The first-order valence-corrected chi connectivity index (χ1v) is 4.51. The molecule has 0 unspecified atom stereocenters. The van der Waals surface area contributed by atoms with Crippen LogP contribution in [-0.2, 0) is 0 Å². The maximum atomic E-state index is 10.9. The average Bonchev–Trinajstić information content (AvgIpc) is 2.17. The molecular formula is C10H14N2O3. The van der Waals surface area contributed by atoms with Crippen molar-refractivity contribution in [1.29, 1.82) is 0 Å². The van der Waals surface area contributed by atoms with Gasteiger partial charge in [0.25, 0.3) is 0 Å². The van der Waals surface area contributed by atoms with Gasteiger partial charge in [-0.25, -0.2) is 4.79 Å². The molecule has 0 aromatic heterocycles. The zero-order valence-corrected chi connectivity index (χ0v) is 8.47. The fourth-order valence-electron chi connectivity index (χ4n) is 1.42. The van der Waals surface area contributed by atoms with E-state index < -0.39 is 5.97 Å². The van der Waals surface area contributed by atoms with Crippen LogP contribution >= 0.6 is 0 Å². The van der Waals surface area contributed by atoms with Crippen molar-refractivity contribution in [3.63, 3.8) is 0 Å². The maximum absolute atomic E-state index is 10.9. The Kier molecular flexibility index (Phi) is 3.51. The van der Waals surface area contributed by atoms with E-state index in [9.17, 15) is 4.79 Å². The molecule has 0 heterocycles. The second-order valence-electron chi connectivity index (χ2n) is 3.19. The van der Waals surface area contributed by atoms with E-state index in [2.05, 4.69) is 0 Å². The number of rotatable bonds is 4. The largest absolute Gasteiger partial charge is 0.478 e. The van der Waals surface area contributed by atoms with Gasteiger partial charge in [0, 0.05) is 13.6 Å². The highest BCUT2D eigenvalue weighted by Gasteiger charge is 2.15. The Hall–Kier alpha value is -1.75. The summed E-state index contributed by atoms with van der Waals surface area (Å²) in [5, 5.41) is 17.8. The first-order valence-electron chi connectivity index (χ1n) is 4.51. The quantitative estimate of drug-likeness (QED) is 0.626. The number of benzene rings is 1. The molecule has 82 valence electrons. The van der Waals surface area contributed by atoms with E-state index in [0.717, 1.165) is 0 Å². The van der Waals surface area contributed by atoms with Gasteiger partial charge in [-0.05, 0) is 12.1 Å². The van der Waals surface area contributed by atoms with E-state index in [0.29, 0.717) is 17.9 Å². The summed E-state index contributed by atoms with van der Waals surface area (Å²) in [4.78, 5) is 12.6. The minimum Gasteiger partial charge on any atom is -0.478 e. The zero-order valence-electron chi connectivity index (χ0n) is 8.47. The molecule has 4 N–H and O–H groups in total. The number of para-hydroxylation sites is 1. The van der Waals surface area contributed by atoms with Gasteiger partial charge in [0.05, 0.1) is 23.5 Å². The summed E-state index contributed by atoms with van der Waals surface area (Å²) in [6.45, 7) is 0.290. The third-order valence-corrected chi connectivity index (χ3v) is 2.11. The Balaban J connectivity index is 3.18. The lowest BCUT2D eigenvalue weighted by molar-refractivity contribution is 0.0697. The molecule has 0 bridgehead atoms. The van der Waals surface area contributed by atoms with Gasteiger partial charge >= 0.3 is 5.97 Å². The lowest BCUT2D eigenvalue weighted by Gasteiger charge is -2.21. The van der Waals surface area contributed by atoms with Crippen molar-refractivity contribution < 1.29 is 15.0 Å².